The third-order valence-corrected chi connectivity index (χ3v) is 5.21. The van der Waals surface area contributed by atoms with Crippen LogP contribution in [0.1, 0.15) is 18.6 Å². The number of amides is 2. The quantitative estimate of drug-likeness (QED) is 0.604. The summed E-state index contributed by atoms with van der Waals surface area (Å²) in [6.45, 7) is 2.00. The molecule has 0 saturated carbocycles. The number of anilines is 2. The number of para-hydroxylation sites is 1. The fourth-order valence-electron chi connectivity index (χ4n) is 1.91. The Morgan fingerprint density at radius 1 is 1.28 bits per heavy atom. The van der Waals surface area contributed by atoms with E-state index in [1.807, 2.05) is 6.92 Å². The number of halogens is 1. The van der Waals surface area contributed by atoms with Crippen molar-refractivity contribution in [2.75, 3.05) is 10.6 Å². The Hall–Kier alpha value is -2.39. The summed E-state index contributed by atoms with van der Waals surface area (Å²) in [5.41, 5.74) is 0.113. The van der Waals surface area contributed by atoms with Gasteiger partial charge in [-0.3, -0.25) is 5.32 Å². The molecule has 25 heavy (non-hydrogen) atoms. The van der Waals surface area contributed by atoms with Crippen molar-refractivity contribution in [2.24, 2.45) is 0 Å². The number of hydrogen-bond acceptors (Lipinski definition) is 6. The number of oxazole rings is 1. The van der Waals surface area contributed by atoms with Crippen molar-refractivity contribution in [1.29, 1.82) is 0 Å². The van der Waals surface area contributed by atoms with Gasteiger partial charge in [0.15, 0.2) is 5.13 Å². The van der Waals surface area contributed by atoms with Crippen LogP contribution in [0.2, 0.25) is 0 Å². The molecule has 3 aromatic rings. The van der Waals surface area contributed by atoms with Gasteiger partial charge in [-0.25, -0.2) is 19.2 Å². The Kier molecular flexibility index (Phi) is 5.67. The number of aryl methyl sites for hydroxylation is 1. The summed E-state index contributed by atoms with van der Waals surface area (Å²) in [4.78, 5) is 20.2. The van der Waals surface area contributed by atoms with Crippen LogP contribution < -0.4 is 10.6 Å². The summed E-state index contributed by atoms with van der Waals surface area (Å²) in [5.74, 6) is 1.60. The number of benzene rings is 1. The number of rotatable bonds is 6. The van der Waals surface area contributed by atoms with E-state index in [2.05, 4.69) is 20.6 Å². The fourth-order valence-corrected chi connectivity index (χ4v) is 3.63. The first-order valence-electron chi connectivity index (χ1n) is 7.48. The van der Waals surface area contributed by atoms with Crippen LogP contribution in [-0.4, -0.2) is 16.0 Å². The molecule has 0 spiro atoms. The molecule has 0 aliphatic carbocycles. The summed E-state index contributed by atoms with van der Waals surface area (Å²) in [6, 6.07) is 5.42. The molecule has 0 atom stereocenters. The number of nitrogens with one attached hydrogen (secondary N) is 2. The van der Waals surface area contributed by atoms with Gasteiger partial charge in [-0.1, -0.05) is 30.4 Å². The summed E-state index contributed by atoms with van der Waals surface area (Å²) in [7, 11) is 0. The maximum absolute atomic E-state index is 13.5. The summed E-state index contributed by atoms with van der Waals surface area (Å²) >= 11 is 2.84. The van der Waals surface area contributed by atoms with Gasteiger partial charge in [-0.15, -0.1) is 11.8 Å². The third kappa shape index (κ3) is 4.80. The molecule has 2 N–H and O–H groups in total. The highest BCUT2D eigenvalue weighted by atomic mass is 32.2. The van der Waals surface area contributed by atoms with Crippen LogP contribution in [0, 0.1) is 5.82 Å². The van der Waals surface area contributed by atoms with Crippen LogP contribution in [0.25, 0.3) is 0 Å². The van der Waals surface area contributed by atoms with Crippen molar-refractivity contribution in [3.05, 3.63) is 54.1 Å². The predicted molar refractivity (Wildman–Crippen MR) is 96.6 cm³/mol. The maximum atomic E-state index is 13.5. The average Bonchev–Trinajstić information content (AvgIpc) is 3.24. The number of thiazole rings is 1. The second-order valence-electron chi connectivity index (χ2n) is 4.91. The number of nitrogens with zero attached hydrogens (tertiary/aromatic N) is 2. The molecule has 2 aromatic heterocycles. The van der Waals surface area contributed by atoms with E-state index in [-0.39, 0.29) is 5.69 Å². The lowest BCUT2D eigenvalue weighted by Crippen LogP contribution is -2.19. The van der Waals surface area contributed by atoms with Crippen LogP contribution in [0.3, 0.4) is 0 Å². The van der Waals surface area contributed by atoms with E-state index >= 15 is 0 Å². The van der Waals surface area contributed by atoms with Gasteiger partial charge >= 0.3 is 6.03 Å². The zero-order chi connectivity index (χ0) is 17.6. The van der Waals surface area contributed by atoms with E-state index in [1.54, 1.807) is 24.5 Å². The van der Waals surface area contributed by atoms with Crippen LogP contribution in [0.5, 0.6) is 0 Å². The van der Waals surface area contributed by atoms with E-state index < -0.39 is 11.8 Å². The lowest BCUT2D eigenvalue weighted by molar-refractivity contribution is 0.262. The maximum Gasteiger partial charge on any atom is 0.325 e. The van der Waals surface area contributed by atoms with Crippen molar-refractivity contribution in [2.45, 2.75) is 23.3 Å². The molecule has 9 heteroatoms. The number of aromatic nitrogens is 2. The number of carbonyl (C=O) groups excluding carboxylic acids is 1. The molecule has 130 valence electrons. The number of hydrogen-bond donors (Lipinski definition) is 2. The highest BCUT2D eigenvalue weighted by molar-refractivity contribution is 8.00. The van der Waals surface area contributed by atoms with Gasteiger partial charge in [0.2, 0.25) is 5.89 Å². The second-order valence-corrected chi connectivity index (χ2v) is 7.21. The van der Waals surface area contributed by atoms with Gasteiger partial charge in [-0.05, 0) is 12.1 Å². The van der Waals surface area contributed by atoms with Crippen molar-refractivity contribution in [3.63, 3.8) is 0 Å². The van der Waals surface area contributed by atoms with Crippen LogP contribution in [-0.2, 0) is 12.2 Å². The van der Waals surface area contributed by atoms with Gasteiger partial charge in [0.05, 0.1) is 28.0 Å². The van der Waals surface area contributed by atoms with E-state index in [9.17, 15) is 9.18 Å². The number of urea groups is 1. The second kappa shape index (κ2) is 8.13. The minimum Gasteiger partial charge on any atom is -0.445 e. The molecular formula is C16H15FN4O2S2. The molecule has 0 aliphatic heterocycles. The van der Waals surface area contributed by atoms with E-state index in [0.29, 0.717) is 16.8 Å². The predicted octanol–water partition coefficient (Wildman–Crippen LogP) is 4.77. The van der Waals surface area contributed by atoms with Crippen LogP contribution >= 0.6 is 23.1 Å². The Morgan fingerprint density at radius 2 is 2.12 bits per heavy atom. The topological polar surface area (TPSA) is 80.0 Å². The van der Waals surface area contributed by atoms with Crippen molar-refractivity contribution in [3.8, 4) is 0 Å². The molecule has 0 unspecified atom stereocenters. The lowest BCUT2D eigenvalue weighted by atomic mass is 10.3. The van der Waals surface area contributed by atoms with Crippen LogP contribution in [0.15, 0.2) is 45.3 Å². The molecule has 2 heterocycles. The monoisotopic (exact) mass is 378 g/mol. The van der Waals surface area contributed by atoms with Crippen molar-refractivity contribution in [1.82, 2.24) is 9.97 Å². The zero-order valence-corrected chi connectivity index (χ0v) is 14.9. The molecule has 3 rings (SSSR count). The fraction of sp³-hybridized carbons (Fsp3) is 0.188. The smallest absolute Gasteiger partial charge is 0.325 e. The normalized spacial score (nSPS) is 10.6. The summed E-state index contributed by atoms with van der Waals surface area (Å²) < 4.78 is 20.0. The highest BCUT2D eigenvalue weighted by Crippen LogP contribution is 2.30. The number of carbonyl (C=O) groups is 1. The largest absolute Gasteiger partial charge is 0.445 e. The minimum absolute atomic E-state index is 0.113. The number of thioether (sulfide) groups is 1. The van der Waals surface area contributed by atoms with E-state index in [0.717, 1.165) is 16.4 Å². The Bertz CT molecular complexity index is 865. The van der Waals surface area contributed by atoms with E-state index in [1.165, 1.54) is 35.2 Å². The first-order valence-corrected chi connectivity index (χ1v) is 9.29. The molecule has 0 fully saturated rings. The highest BCUT2D eigenvalue weighted by Gasteiger charge is 2.10. The zero-order valence-electron chi connectivity index (χ0n) is 13.3. The Morgan fingerprint density at radius 3 is 2.88 bits per heavy atom. The van der Waals surface area contributed by atoms with Gasteiger partial charge in [0.25, 0.3) is 0 Å². The standard InChI is InChI=1S/C16H15FN4O2S2/c1-2-10-7-18-13(23-10)9-24-14-8-19-16(25-14)21-15(22)20-12-6-4-3-5-11(12)17/h3-8H,2,9H2,1H3,(H2,19,20,21,22). The summed E-state index contributed by atoms with van der Waals surface area (Å²) in [6.07, 6.45) is 4.20. The lowest BCUT2D eigenvalue weighted by Gasteiger charge is -2.05. The summed E-state index contributed by atoms with van der Waals surface area (Å²) in [5, 5.41) is 5.46. The molecule has 6 nitrogen and oxygen atoms in total. The molecule has 1 aromatic carbocycles. The Labute approximate surface area is 151 Å². The molecule has 0 aliphatic rings. The first kappa shape index (κ1) is 17.4. The average molecular weight is 378 g/mol. The van der Waals surface area contributed by atoms with Gasteiger partial charge in [-0.2, -0.15) is 0 Å². The molecule has 0 saturated heterocycles. The molecule has 0 radical (unpaired) electrons. The molecular weight excluding hydrogens is 363 g/mol. The van der Waals surface area contributed by atoms with Crippen LogP contribution in [0.4, 0.5) is 20.0 Å². The molecule has 0 bridgehead atoms. The van der Waals surface area contributed by atoms with Gasteiger partial charge in [0.1, 0.15) is 11.6 Å². The van der Waals surface area contributed by atoms with Crippen molar-refractivity contribution < 1.29 is 13.6 Å². The Balaban J connectivity index is 1.52. The SMILES string of the molecule is CCc1cnc(CSc2cnc(NC(=O)Nc3ccccc3F)s2)o1. The van der Waals surface area contributed by atoms with E-state index in [4.69, 9.17) is 4.42 Å². The first-order chi connectivity index (χ1) is 12.1. The minimum atomic E-state index is -0.545. The van der Waals surface area contributed by atoms with Gasteiger partial charge < -0.3 is 9.73 Å². The van der Waals surface area contributed by atoms with Crippen molar-refractivity contribution >= 4 is 39.9 Å². The van der Waals surface area contributed by atoms with Gasteiger partial charge in [0, 0.05) is 6.42 Å². The third-order valence-electron chi connectivity index (χ3n) is 3.11. The molecule has 2 amide bonds.